The lowest BCUT2D eigenvalue weighted by Gasteiger charge is -2.37. The second kappa shape index (κ2) is 7.29. The first kappa shape index (κ1) is 15.6. The predicted molar refractivity (Wildman–Crippen MR) is 85.5 cm³/mol. The van der Waals surface area contributed by atoms with Crippen molar-refractivity contribution < 1.29 is 9.21 Å². The van der Waals surface area contributed by atoms with Crippen LogP contribution in [0.4, 0.5) is 0 Å². The fourth-order valence-electron chi connectivity index (χ4n) is 3.66. The smallest absolute Gasteiger partial charge is 0.234 e. The monoisotopic (exact) mass is 305 g/mol. The normalized spacial score (nSPS) is 22.8. The molecule has 1 aliphatic carbocycles. The molecule has 2 aliphatic rings. The molecule has 0 unspecified atom stereocenters. The van der Waals surface area contributed by atoms with Crippen LogP contribution in [-0.4, -0.2) is 54.5 Å². The average molecular weight is 305 g/mol. The Bertz CT molecular complexity index is 460. The van der Waals surface area contributed by atoms with Crippen LogP contribution in [0.3, 0.4) is 0 Å². The first-order valence-corrected chi connectivity index (χ1v) is 8.51. The molecule has 0 radical (unpaired) electrons. The second-order valence-corrected chi connectivity index (χ2v) is 6.56. The minimum Gasteiger partial charge on any atom is -0.467 e. The average Bonchev–Trinajstić information content (AvgIpc) is 3.21. The van der Waals surface area contributed by atoms with E-state index < -0.39 is 0 Å². The van der Waals surface area contributed by atoms with Crippen LogP contribution in [0.5, 0.6) is 0 Å². The van der Waals surface area contributed by atoms with E-state index in [1.165, 1.54) is 25.7 Å². The number of nitrogens with one attached hydrogen (secondary N) is 1. The summed E-state index contributed by atoms with van der Waals surface area (Å²) in [5.74, 6) is 0.887. The number of amides is 1. The van der Waals surface area contributed by atoms with Crippen molar-refractivity contribution in [2.75, 3.05) is 32.7 Å². The SMILES string of the molecule is C[C@H](NC(=O)CN1CCN(C2CCCC2)CC1)c1ccco1. The molecule has 122 valence electrons. The molecule has 3 rings (SSSR count). The highest BCUT2D eigenvalue weighted by Crippen LogP contribution is 2.24. The van der Waals surface area contributed by atoms with Gasteiger partial charge in [0.1, 0.15) is 5.76 Å². The number of hydrogen-bond donors (Lipinski definition) is 1. The minimum atomic E-state index is -0.0673. The van der Waals surface area contributed by atoms with Gasteiger partial charge in [-0.15, -0.1) is 0 Å². The summed E-state index contributed by atoms with van der Waals surface area (Å²) in [5, 5.41) is 3.01. The molecule has 1 saturated carbocycles. The Labute approximate surface area is 132 Å². The Kier molecular flexibility index (Phi) is 5.16. The van der Waals surface area contributed by atoms with Crippen molar-refractivity contribution in [2.24, 2.45) is 0 Å². The van der Waals surface area contributed by atoms with Crippen molar-refractivity contribution in [3.05, 3.63) is 24.2 Å². The maximum Gasteiger partial charge on any atom is 0.234 e. The predicted octanol–water partition coefficient (Wildman–Crippen LogP) is 2.02. The lowest BCUT2D eigenvalue weighted by molar-refractivity contribution is -0.123. The molecule has 1 atom stereocenters. The van der Waals surface area contributed by atoms with Gasteiger partial charge in [-0.1, -0.05) is 12.8 Å². The molecule has 0 aromatic carbocycles. The van der Waals surface area contributed by atoms with Crippen LogP contribution in [0.1, 0.15) is 44.4 Å². The van der Waals surface area contributed by atoms with Gasteiger partial charge in [-0.3, -0.25) is 14.6 Å². The lowest BCUT2D eigenvalue weighted by atomic mass is 10.2. The summed E-state index contributed by atoms with van der Waals surface area (Å²) < 4.78 is 5.32. The molecule has 22 heavy (non-hydrogen) atoms. The zero-order chi connectivity index (χ0) is 15.4. The number of carbonyl (C=O) groups excluding carboxylic acids is 1. The van der Waals surface area contributed by atoms with E-state index in [4.69, 9.17) is 4.42 Å². The number of carbonyl (C=O) groups is 1. The van der Waals surface area contributed by atoms with E-state index in [1.54, 1.807) is 6.26 Å². The second-order valence-electron chi connectivity index (χ2n) is 6.56. The van der Waals surface area contributed by atoms with Crippen molar-refractivity contribution in [1.82, 2.24) is 15.1 Å². The first-order chi connectivity index (χ1) is 10.7. The quantitative estimate of drug-likeness (QED) is 0.904. The summed E-state index contributed by atoms with van der Waals surface area (Å²) >= 11 is 0. The molecule has 2 fully saturated rings. The molecule has 0 spiro atoms. The molecule has 1 aromatic heterocycles. The third kappa shape index (κ3) is 3.90. The molecule has 0 bridgehead atoms. The van der Waals surface area contributed by atoms with Crippen LogP contribution in [-0.2, 0) is 4.79 Å². The maximum absolute atomic E-state index is 12.1. The van der Waals surface area contributed by atoms with Crippen molar-refractivity contribution >= 4 is 5.91 Å². The van der Waals surface area contributed by atoms with Crippen LogP contribution in [0.25, 0.3) is 0 Å². The van der Waals surface area contributed by atoms with E-state index in [1.807, 2.05) is 19.1 Å². The highest BCUT2D eigenvalue weighted by molar-refractivity contribution is 5.78. The number of furan rings is 1. The number of nitrogens with zero attached hydrogens (tertiary/aromatic N) is 2. The number of hydrogen-bond acceptors (Lipinski definition) is 4. The summed E-state index contributed by atoms with van der Waals surface area (Å²) in [6.07, 6.45) is 7.14. The van der Waals surface area contributed by atoms with Crippen molar-refractivity contribution in [3.8, 4) is 0 Å². The fourth-order valence-corrected chi connectivity index (χ4v) is 3.66. The number of piperazine rings is 1. The molecular formula is C17H27N3O2. The molecule has 5 nitrogen and oxygen atoms in total. The van der Waals surface area contributed by atoms with E-state index >= 15 is 0 Å². The topological polar surface area (TPSA) is 48.7 Å². The zero-order valence-electron chi connectivity index (χ0n) is 13.5. The Morgan fingerprint density at radius 2 is 2.05 bits per heavy atom. The molecule has 5 heteroatoms. The highest BCUT2D eigenvalue weighted by Gasteiger charge is 2.26. The molecule has 1 N–H and O–H groups in total. The Morgan fingerprint density at radius 1 is 1.32 bits per heavy atom. The fraction of sp³-hybridized carbons (Fsp3) is 0.706. The summed E-state index contributed by atoms with van der Waals surface area (Å²) in [7, 11) is 0. The largest absolute Gasteiger partial charge is 0.467 e. The summed E-state index contributed by atoms with van der Waals surface area (Å²) in [5.41, 5.74) is 0. The van der Waals surface area contributed by atoms with E-state index in [2.05, 4.69) is 15.1 Å². The van der Waals surface area contributed by atoms with Gasteiger partial charge < -0.3 is 9.73 Å². The highest BCUT2D eigenvalue weighted by atomic mass is 16.3. The molecule has 1 aliphatic heterocycles. The molecule has 1 aromatic rings. The molecular weight excluding hydrogens is 278 g/mol. The van der Waals surface area contributed by atoms with Gasteiger partial charge in [0.15, 0.2) is 0 Å². The Morgan fingerprint density at radius 3 is 2.68 bits per heavy atom. The maximum atomic E-state index is 12.1. The van der Waals surface area contributed by atoms with Gasteiger partial charge in [-0.25, -0.2) is 0 Å². The number of rotatable bonds is 5. The van der Waals surface area contributed by atoms with Crippen LogP contribution < -0.4 is 5.32 Å². The van der Waals surface area contributed by atoms with Gasteiger partial charge in [0.25, 0.3) is 0 Å². The molecule has 2 heterocycles. The van der Waals surface area contributed by atoms with E-state index in [-0.39, 0.29) is 11.9 Å². The first-order valence-electron chi connectivity index (χ1n) is 8.51. The van der Waals surface area contributed by atoms with E-state index in [0.717, 1.165) is 38.0 Å². The minimum absolute atomic E-state index is 0.0673. The van der Waals surface area contributed by atoms with Gasteiger partial charge in [0.2, 0.25) is 5.91 Å². The lowest BCUT2D eigenvalue weighted by Crippen LogP contribution is -2.51. The van der Waals surface area contributed by atoms with Gasteiger partial charge in [0.05, 0.1) is 18.8 Å². The molecule has 1 saturated heterocycles. The van der Waals surface area contributed by atoms with Crippen LogP contribution in [0.2, 0.25) is 0 Å². The third-order valence-corrected chi connectivity index (χ3v) is 4.96. The van der Waals surface area contributed by atoms with Crippen LogP contribution >= 0.6 is 0 Å². The standard InChI is InChI=1S/C17H27N3O2/c1-14(16-7-4-12-22-16)18-17(21)13-19-8-10-20(11-9-19)15-5-2-3-6-15/h4,7,12,14-15H,2-3,5-6,8-11,13H2,1H3,(H,18,21)/t14-/m0/s1. The van der Waals surface area contributed by atoms with Crippen molar-refractivity contribution in [1.29, 1.82) is 0 Å². The van der Waals surface area contributed by atoms with Crippen LogP contribution in [0, 0.1) is 0 Å². The van der Waals surface area contributed by atoms with Gasteiger partial charge in [-0.05, 0) is 31.9 Å². The van der Waals surface area contributed by atoms with E-state index in [9.17, 15) is 4.79 Å². The Balaban J connectivity index is 1.39. The summed E-state index contributed by atoms with van der Waals surface area (Å²) in [6.45, 7) is 6.65. The molecule has 1 amide bonds. The summed E-state index contributed by atoms with van der Waals surface area (Å²) in [4.78, 5) is 17.0. The van der Waals surface area contributed by atoms with Gasteiger partial charge >= 0.3 is 0 Å². The van der Waals surface area contributed by atoms with Gasteiger partial charge in [-0.2, -0.15) is 0 Å². The van der Waals surface area contributed by atoms with Crippen molar-refractivity contribution in [2.45, 2.75) is 44.7 Å². The van der Waals surface area contributed by atoms with Crippen LogP contribution in [0.15, 0.2) is 22.8 Å². The zero-order valence-corrected chi connectivity index (χ0v) is 13.5. The summed E-state index contributed by atoms with van der Waals surface area (Å²) in [6, 6.07) is 4.48. The van der Waals surface area contributed by atoms with E-state index in [0.29, 0.717) is 6.54 Å². The van der Waals surface area contributed by atoms with Crippen molar-refractivity contribution in [3.63, 3.8) is 0 Å². The van der Waals surface area contributed by atoms with Gasteiger partial charge in [0, 0.05) is 32.2 Å². The third-order valence-electron chi connectivity index (χ3n) is 4.96. The Hall–Kier alpha value is -1.33.